The molecule has 2 atom stereocenters. The summed E-state index contributed by atoms with van der Waals surface area (Å²) in [6, 6.07) is 9.96. The first-order valence-electron chi connectivity index (χ1n) is 11.6. The second-order valence-electron chi connectivity index (χ2n) is 9.03. The highest BCUT2D eigenvalue weighted by molar-refractivity contribution is 6.01. The third-order valence-corrected chi connectivity index (χ3v) is 6.78. The van der Waals surface area contributed by atoms with Crippen molar-refractivity contribution < 1.29 is 14.6 Å². The highest BCUT2D eigenvalue weighted by Gasteiger charge is 2.33. The maximum Gasteiger partial charge on any atom is 0.258 e. The normalized spacial score (nSPS) is 23.7. The Morgan fingerprint density at radius 2 is 1.87 bits per heavy atom. The van der Waals surface area contributed by atoms with Crippen molar-refractivity contribution in [2.45, 2.75) is 70.2 Å². The molecule has 164 valence electrons. The topological polar surface area (TPSA) is 65.9 Å². The molecule has 1 N–H and O–H groups in total. The van der Waals surface area contributed by atoms with Crippen LogP contribution >= 0.6 is 0 Å². The van der Waals surface area contributed by atoms with E-state index >= 15 is 0 Å². The standard InChI is InChI=1S/C25H31N3O3/c29-20-8-2-3-9-21(20)31-22-10-6-7-19-17-28(25(30)24(19)22)16-18-11-12-23(26-15-18)27-13-4-1-5-14-27/h6-7,10-12,15,20-21,29H,1-5,8-9,13-14,16-17H2/t20-,21-/m1/s1. The molecular weight excluding hydrogens is 390 g/mol. The van der Waals surface area contributed by atoms with Crippen molar-refractivity contribution in [2.24, 2.45) is 0 Å². The number of aromatic nitrogens is 1. The summed E-state index contributed by atoms with van der Waals surface area (Å²) in [5.74, 6) is 1.63. The fraction of sp³-hybridized carbons (Fsp3) is 0.520. The zero-order valence-corrected chi connectivity index (χ0v) is 18.0. The van der Waals surface area contributed by atoms with Crippen molar-refractivity contribution in [1.82, 2.24) is 9.88 Å². The zero-order valence-electron chi connectivity index (χ0n) is 18.0. The molecule has 0 unspecified atom stereocenters. The number of piperidine rings is 1. The van der Waals surface area contributed by atoms with E-state index in [9.17, 15) is 9.90 Å². The van der Waals surface area contributed by atoms with Crippen LogP contribution in [0.25, 0.3) is 0 Å². The van der Waals surface area contributed by atoms with Crippen molar-refractivity contribution in [1.29, 1.82) is 0 Å². The summed E-state index contributed by atoms with van der Waals surface area (Å²) >= 11 is 0. The maximum atomic E-state index is 13.2. The van der Waals surface area contributed by atoms with Gasteiger partial charge in [0.2, 0.25) is 0 Å². The number of carbonyl (C=O) groups excluding carboxylic acids is 1. The minimum Gasteiger partial charge on any atom is -0.487 e. The molecule has 0 spiro atoms. The lowest BCUT2D eigenvalue weighted by Crippen LogP contribution is -2.35. The highest BCUT2D eigenvalue weighted by atomic mass is 16.5. The Hall–Kier alpha value is -2.60. The number of pyridine rings is 1. The summed E-state index contributed by atoms with van der Waals surface area (Å²) in [5.41, 5.74) is 2.68. The molecule has 2 aromatic rings. The number of rotatable bonds is 5. The van der Waals surface area contributed by atoms with Crippen LogP contribution in [0.4, 0.5) is 5.82 Å². The van der Waals surface area contributed by atoms with Crippen LogP contribution in [0.5, 0.6) is 5.75 Å². The van der Waals surface area contributed by atoms with Crippen LogP contribution in [-0.4, -0.2) is 46.2 Å². The van der Waals surface area contributed by atoms with Gasteiger partial charge in [0, 0.05) is 32.4 Å². The van der Waals surface area contributed by atoms with E-state index in [4.69, 9.17) is 4.74 Å². The summed E-state index contributed by atoms with van der Waals surface area (Å²) in [6.07, 6.45) is 8.65. The summed E-state index contributed by atoms with van der Waals surface area (Å²) in [5, 5.41) is 10.3. The number of aliphatic hydroxyl groups is 1. The van der Waals surface area contributed by atoms with Gasteiger partial charge >= 0.3 is 0 Å². The Bertz CT molecular complexity index is 924. The van der Waals surface area contributed by atoms with E-state index in [-0.39, 0.29) is 12.0 Å². The number of ether oxygens (including phenoxy) is 1. The predicted octanol–water partition coefficient (Wildman–Crippen LogP) is 3.91. The second-order valence-corrected chi connectivity index (χ2v) is 9.03. The first-order valence-corrected chi connectivity index (χ1v) is 11.6. The molecule has 2 fully saturated rings. The van der Waals surface area contributed by atoms with Gasteiger partial charge in [0.25, 0.3) is 5.91 Å². The second kappa shape index (κ2) is 8.87. The molecule has 1 amide bonds. The number of hydrogen-bond donors (Lipinski definition) is 1. The van der Waals surface area contributed by atoms with Crippen LogP contribution in [-0.2, 0) is 13.1 Å². The average molecular weight is 422 g/mol. The molecule has 6 nitrogen and oxygen atoms in total. The van der Waals surface area contributed by atoms with E-state index < -0.39 is 6.10 Å². The van der Waals surface area contributed by atoms with Crippen LogP contribution in [0.3, 0.4) is 0 Å². The molecule has 1 aromatic heterocycles. The Balaban J connectivity index is 1.28. The van der Waals surface area contributed by atoms with Crippen LogP contribution in [0, 0.1) is 0 Å². The molecular formula is C25H31N3O3. The quantitative estimate of drug-likeness (QED) is 0.793. The lowest BCUT2D eigenvalue weighted by atomic mass is 9.94. The van der Waals surface area contributed by atoms with Gasteiger partial charge in [0.1, 0.15) is 17.7 Å². The smallest absolute Gasteiger partial charge is 0.258 e. The van der Waals surface area contributed by atoms with Gasteiger partial charge in [-0.2, -0.15) is 0 Å². The fourth-order valence-corrected chi connectivity index (χ4v) is 5.03. The summed E-state index contributed by atoms with van der Waals surface area (Å²) in [7, 11) is 0. The lowest BCUT2D eigenvalue weighted by Gasteiger charge is -2.28. The summed E-state index contributed by atoms with van der Waals surface area (Å²) in [4.78, 5) is 22.1. The number of nitrogens with zero attached hydrogens (tertiary/aromatic N) is 3. The van der Waals surface area contributed by atoms with E-state index in [0.717, 1.165) is 55.7 Å². The Morgan fingerprint density at radius 1 is 1.03 bits per heavy atom. The van der Waals surface area contributed by atoms with E-state index in [1.807, 2.05) is 29.3 Å². The molecule has 0 bridgehead atoms. The van der Waals surface area contributed by atoms with Gasteiger partial charge in [0.05, 0.1) is 11.7 Å². The molecule has 3 heterocycles. The molecule has 31 heavy (non-hydrogen) atoms. The zero-order chi connectivity index (χ0) is 21.2. The van der Waals surface area contributed by atoms with E-state index in [2.05, 4.69) is 22.0 Å². The van der Waals surface area contributed by atoms with Crippen LogP contribution in [0.1, 0.15) is 66.4 Å². The number of anilines is 1. The number of hydrogen-bond acceptors (Lipinski definition) is 5. The number of carbonyl (C=O) groups is 1. The highest BCUT2D eigenvalue weighted by Crippen LogP contribution is 2.34. The molecule has 2 aliphatic heterocycles. The van der Waals surface area contributed by atoms with E-state index in [0.29, 0.717) is 24.4 Å². The molecule has 1 saturated heterocycles. The van der Waals surface area contributed by atoms with Crippen molar-refractivity contribution in [3.63, 3.8) is 0 Å². The first kappa shape index (κ1) is 20.3. The molecule has 3 aliphatic rings. The van der Waals surface area contributed by atoms with Crippen LogP contribution < -0.4 is 9.64 Å². The van der Waals surface area contributed by atoms with Crippen molar-refractivity contribution in [3.05, 3.63) is 53.2 Å². The predicted molar refractivity (Wildman–Crippen MR) is 119 cm³/mol. The van der Waals surface area contributed by atoms with Crippen molar-refractivity contribution >= 4 is 11.7 Å². The minimum absolute atomic E-state index is 0.00370. The minimum atomic E-state index is -0.457. The number of benzene rings is 1. The van der Waals surface area contributed by atoms with Gasteiger partial charge in [-0.1, -0.05) is 24.6 Å². The average Bonchev–Trinajstić information content (AvgIpc) is 3.12. The molecule has 1 saturated carbocycles. The SMILES string of the molecule is O=C1c2c(cccc2O[C@@H]2CCCC[C@H]2O)CN1Cc1ccc(N2CCCCC2)nc1. The molecule has 5 rings (SSSR count). The maximum absolute atomic E-state index is 13.2. The van der Waals surface area contributed by atoms with E-state index in [1.165, 1.54) is 19.3 Å². The third kappa shape index (κ3) is 4.26. The molecule has 6 heteroatoms. The monoisotopic (exact) mass is 421 g/mol. The molecule has 1 aliphatic carbocycles. The Kier molecular flexibility index (Phi) is 5.81. The summed E-state index contributed by atoms with van der Waals surface area (Å²) in [6.45, 7) is 3.26. The largest absolute Gasteiger partial charge is 0.487 e. The van der Waals surface area contributed by atoms with Crippen molar-refractivity contribution in [3.8, 4) is 5.75 Å². The van der Waals surface area contributed by atoms with Gasteiger partial charge < -0.3 is 19.6 Å². The van der Waals surface area contributed by atoms with Gasteiger partial charge in [-0.3, -0.25) is 4.79 Å². The van der Waals surface area contributed by atoms with Crippen LogP contribution in [0.15, 0.2) is 36.5 Å². The Morgan fingerprint density at radius 3 is 2.65 bits per heavy atom. The van der Waals surface area contributed by atoms with Gasteiger partial charge in [-0.15, -0.1) is 0 Å². The molecule has 1 aromatic carbocycles. The lowest BCUT2D eigenvalue weighted by molar-refractivity contribution is 0.00636. The van der Waals surface area contributed by atoms with Gasteiger partial charge in [0.15, 0.2) is 0 Å². The van der Waals surface area contributed by atoms with E-state index in [1.54, 1.807) is 0 Å². The number of aliphatic hydroxyl groups excluding tert-OH is 1. The van der Waals surface area contributed by atoms with Gasteiger partial charge in [-0.05, 0) is 61.8 Å². The van der Waals surface area contributed by atoms with Gasteiger partial charge in [-0.25, -0.2) is 4.98 Å². The van der Waals surface area contributed by atoms with Crippen molar-refractivity contribution in [2.75, 3.05) is 18.0 Å². The summed E-state index contributed by atoms with van der Waals surface area (Å²) < 4.78 is 6.15. The fourth-order valence-electron chi connectivity index (χ4n) is 5.03. The van der Waals surface area contributed by atoms with Crippen LogP contribution in [0.2, 0.25) is 0 Å². The number of fused-ring (bicyclic) bond motifs is 1. The Labute approximate surface area is 183 Å². The first-order chi connectivity index (χ1) is 15.2. The number of amides is 1. The third-order valence-electron chi connectivity index (χ3n) is 6.78. The molecule has 0 radical (unpaired) electrons.